The SMILES string of the molecule is CCCCCCCCCCCCCCCCCCCCCCC(=O)OCC(COC1OC(C(=O)O)C(O)C(O)C1O)OC(=O)CCCCCCCCCCCC. The quantitative estimate of drug-likeness (QED) is 0.0345. The molecular formula is C45H84O11. The van der Waals surface area contributed by atoms with Gasteiger partial charge in [0.25, 0.3) is 0 Å². The summed E-state index contributed by atoms with van der Waals surface area (Å²) >= 11 is 0. The van der Waals surface area contributed by atoms with Crippen molar-refractivity contribution in [2.75, 3.05) is 13.2 Å². The fourth-order valence-electron chi connectivity index (χ4n) is 7.29. The zero-order valence-corrected chi connectivity index (χ0v) is 35.7. The number of unbranched alkanes of at least 4 members (excludes halogenated alkanes) is 28. The van der Waals surface area contributed by atoms with Crippen LogP contribution in [0.15, 0.2) is 0 Å². The van der Waals surface area contributed by atoms with Crippen molar-refractivity contribution in [3.8, 4) is 0 Å². The Bertz CT molecular complexity index is 947. The van der Waals surface area contributed by atoms with E-state index in [-0.39, 0.29) is 26.1 Å². The number of carboxylic acids is 1. The molecule has 1 aliphatic rings. The van der Waals surface area contributed by atoms with E-state index in [2.05, 4.69) is 13.8 Å². The number of aliphatic carboxylic acids is 1. The van der Waals surface area contributed by atoms with Crippen LogP contribution in [-0.4, -0.2) is 88.4 Å². The maximum Gasteiger partial charge on any atom is 0.335 e. The molecule has 0 aromatic rings. The first-order chi connectivity index (χ1) is 27.2. The minimum atomic E-state index is -1.85. The van der Waals surface area contributed by atoms with Crippen molar-refractivity contribution in [1.29, 1.82) is 0 Å². The van der Waals surface area contributed by atoms with E-state index in [9.17, 15) is 34.8 Å². The van der Waals surface area contributed by atoms with E-state index in [1.165, 1.54) is 141 Å². The normalized spacial score (nSPS) is 20.2. The number of ether oxygens (including phenoxy) is 4. The molecule has 6 atom stereocenters. The number of aliphatic hydroxyl groups excluding tert-OH is 3. The highest BCUT2D eigenvalue weighted by Crippen LogP contribution is 2.23. The topological polar surface area (TPSA) is 169 Å². The van der Waals surface area contributed by atoms with Crippen LogP contribution in [0.1, 0.15) is 219 Å². The molecule has 11 nitrogen and oxygen atoms in total. The Balaban J connectivity index is 2.28. The number of hydrogen-bond donors (Lipinski definition) is 4. The molecule has 0 saturated carbocycles. The van der Waals surface area contributed by atoms with Gasteiger partial charge in [-0.1, -0.05) is 194 Å². The van der Waals surface area contributed by atoms with Gasteiger partial charge in [0, 0.05) is 12.8 Å². The second-order valence-electron chi connectivity index (χ2n) is 16.3. The Morgan fingerprint density at radius 3 is 1.21 bits per heavy atom. The Morgan fingerprint density at radius 1 is 0.482 bits per heavy atom. The Hall–Kier alpha value is -1.79. The van der Waals surface area contributed by atoms with Gasteiger partial charge in [-0.3, -0.25) is 9.59 Å². The molecule has 0 radical (unpaired) electrons. The van der Waals surface area contributed by atoms with Crippen LogP contribution in [0.2, 0.25) is 0 Å². The van der Waals surface area contributed by atoms with Gasteiger partial charge in [0.1, 0.15) is 24.9 Å². The zero-order valence-electron chi connectivity index (χ0n) is 35.7. The first kappa shape index (κ1) is 52.2. The summed E-state index contributed by atoms with van der Waals surface area (Å²) in [7, 11) is 0. The third kappa shape index (κ3) is 27.8. The summed E-state index contributed by atoms with van der Waals surface area (Å²) < 4.78 is 21.7. The van der Waals surface area contributed by atoms with E-state index in [0.29, 0.717) is 12.8 Å². The molecule has 1 heterocycles. The summed E-state index contributed by atoms with van der Waals surface area (Å²) in [4.78, 5) is 36.7. The Kier molecular flexibility index (Phi) is 33.9. The minimum Gasteiger partial charge on any atom is -0.479 e. The molecule has 0 spiro atoms. The van der Waals surface area contributed by atoms with Crippen LogP contribution in [-0.2, 0) is 33.3 Å². The molecule has 6 unspecified atom stereocenters. The summed E-state index contributed by atoms with van der Waals surface area (Å²) in [5.41, 5.74) is 0. The average molecular weight is 801 g/mol. The van der Waals surface area contributed by atoms with Crippen LogP contribution in [0.25, 0.3) is 0 Å². The predicted octanol–water partition coefficient (Wildman–Crippen LogP) is 9.87. The second kappa shape index (κ2) is 36.3. The van der Waals surface area contributed by atoms with Crippen molar-refractivity contribution in [2.45, 2.75) is 256 Å². The van der Waals surface area contributed by atoms with E-state index in [1.54, 1.807) is 0 Å². The lowest BCUT2D eigenvalue weighted by atomic mass is 9.99. The molecule has 56 heavy (non-hydrogen) atoms. The minimum absolute atomic E-state index is 0.189. The summed E-state index contributed by atoms with van der Waals surface area (Å²) in [6, 6.07) is 0. The average Bonchev–Trinajstić information content (AvgIpc) is 3.18. The van der Waals surface area contributed by atoms with E-state index >= 15 is 0 Å². The molecule has 11 heteroatoms. The van der Waals surface area contributed by atoms with E-state index in [4.69, 9.17) is 18.9 Å². The van der Waals surface area contributed by atoms with Gasteiger partial charge in [0.05, 0.1) is 6.61 Å². The van der Waals surface area contributed by atoms with Gasteiger partial charge in [-0.05, 0) is 12.8 Å². The molecule has 1 saturated heterocycles. The van der Waals surface area contributed by atoms with Crippen LogP contribution < -0.4 is 0 Å². The van der Waals surface area contributed by atoms with Gasteiger partial charge in [-0.2, -0.15) is 0 Å². The Labute approximate surface area is 340 Å². The number of esters is 2. The van der Waals surface area contributed by atoms with Gasteiger partial charge in [0.2, 0.25) is 0 Å². The molecule has 0 aromatic carbocycles. The largest absolute Gasteiger partial charge is 0.479 e. The first-order valence-electron chi connectivity index (χ1n) is 23.1. The second-order valence-corrected chi connectivity index (χ2v) is 16.3. The highest BCUT2D eigenvalue weighted by molar-refractivity contribution is 5.73. The number of carbonyl (C=O) groups is 3. The maximum absolute atomic E-state index is 12.7. The van der Waals surface area contributed by atoms with Gasteiger partial charge >= 0.3 is 17.9 Å². The summed E-state index contributed by atoms with van der Waals surface area (Å²) in [6.07, 6.45) is 27.4. The lowest BCUT2D eigenvalue weighted by molar-refractivity contribution is -0.298. The van der Waals surface area contributed by atoms with E-state index in [0.717, 1.165) is 38.5 Å². The predicted molar refractivity (Wildman–Crippen MR) is 220 cm³/mol. The standard InChI is InChI=1S/C45H84O11/c1-3-5-7-9-11-13-15-16-17-18-19-20-21-22-23-24-26-27-29-31-33-38(46)53-35-37(36-54-45-42(50)40(48)41(49)43(56-45)44(51)52)55-39(47)34-32-30-28-25-14-12-10-8-6-4-2/h37,40-43,45,48-50H,3-36H2,1-2H3,(H,51,52). The van der Waals surface area contributed by atoms with E-state index in [1.807, 2.05) is 0 Å². The molecular weight excluding hydrogens is 716 g/mol. The maximum atomic E-state index is 12.7. The number of carbonyl (C=O) groups excluding carboxylic acids is 2. The third-order valence-electron chi connectivity index (χ3n) is 11.0. The van der Waals surface area contributed by atoms with Gasteiger partial charge in [0.15, 0.2) is 18.5 Å². The van der Waals surface area contributed by atoms with Crippen LogP contribution in [0.5, 0.6) is 0 Å². The van der Waals surface area contributed by atoms with E-state index < -0.39 is 54.7 Å². The van der Waals surface area contributed by atoms with Crippen molar-refractivity contribution < 1.29 is 53.8 Å². The lowest BCUT2D eigenvalue weighted by Gasteiger charge is -2.38. The lowest BCUT2D eigenvalue weighted by Crippen LogP contribution is -2.60. The molecule has 0 bridgehead atoms. The summed E-state index contributed by atoms with van der Waals surface area (Å²) in [5.74, 6) is -2.43. The number of aliphatic hydroxyl groups is 3. The van der Waals surface area contributed by atoms with Crippen molar-refractivity contribution in [3.63, 3.8) is 0 Å². The fourth-order valence-corrected chi connectivity index (χ4v) is 7.29. The highest BCUT2D eigenvalue weighted by Gasteiger charge is 2.47. The molecule has 1 aliphatic heterocycles. The molecule has 330 valence electrons. The zero-order chi connectivity index (χ0) is 41.1. The summed E-state index contributed by atoms with van der Waals surface area (Å²) in [6.45, 7) is 3.82. The first-order valence-corrected chi connectivity index (χ1v) is 23.1. The molecule has 4 N–H and O–H groups in total. The molecule has 1 rings (SSSR count). The number of carboxylic acid groups (broad SMARTS) is 1. The van der Waals surface area contributed by atoms with Gasteiger partial charge in [-0.25, -0.2) is 4.79 Å². The molecule has 0 aromatic heterocycles. The molecule has 1 fully saturated rings. The number of rotatable bonds is 39. The van der Waals surface area contributed by atoms with Crippen LogP contribution >= 0.6 is 0 Å². The smallest absolute Gasteiger partial charge is 0.335 e. The molecule has 0 aliphatic carbocycles. The Morgan fingerprint density at radius 2 is 0.839 bits per heavy atom. The fraction of sp³-hybridized carbons (Fsp3) is 0.933. The highest BCUT2D eigenvalue weighted by atomic mass is 16.7. The van der Waals surface area contributed by atoms with Gasteiger partial charge < -0.3 is 39.4 Å². The van der Waals surface area contributed by atoms with Crippen LogP contribution in [0, 0.1) is 0 Å². The van der Waals surface area contributed by atoms with Crippen molar-refractivity contribution in [1.82, 2.24) is 0 Å². The monoisotopic (exact) mass is 801 g/mol. The van der Waals surface area contributed by atoms with Crippen molar-refractivity contribution in [2.24, 2.45) is 0 Å². The van der Waals surface area contributed by atoms with Crippen LogP contribution in [0.4, 0.5) is 0 Å². The van der Waals surface area contributed by atoms with Crippen molar-refractivity contribution >= 4 is 17.9 Å². The summed E-state index contributed by atoms with van der Waals surface area (Å²) in [5, 5.41) is 39.7. The van der Waals surface area contributed by atoms with Crippen LogP contribution in [0.3, 0.4) is 0 Å². The number of hydrogen-bond acceptors (Lipinski definition) is 10. The molecule has 0 amide bonds. The third-order valence-corrected chi connectivity index (χ3v) is 11.0. The van der Waals surface area contributed by atoms with Gasteiger partial charge in [-0.15, -0.1) is 0 Å². The van der Waals surface area contributed by atoms with Crippen molar-refractivity contribution in [3.05, 3.63) is 0 Å².